The van der Waals surface area contributed by atoms with Crippen molar-refractivity contribution in [2.24, 2.45) is 17.8 Å². The van der Waals surface area contributed by atoms with Gasteiger partial charge < -0.3 is 14.4 Å². The molecule has 5 nitrogen and oxygen atoms in total. The predicted octanol–water partition coefficient (Wildman–Crippen LogP) is 6.04. The van der Waals surface area contributed by atoms with Crippen LogP contribution in [-0.2, 0) is 33.5 Å². The number of hydrogen-bond acceptors (Lipinski definition) is 4. The van der Waals surface area contributed by atoms with Gasteiger partial charge in [-0.05, 0) is 73.4 Å². The van der Waals surface area contributed by atoms with Gasteiger partial charge in [-0.3, -0.25) is 9.59 Å². The van der Waals surface area contributed by atoms with Gasteiger partial charge in [-0.2, -0.15) is 13.2 Å². The van der Waals surface area contributed by atoms with Crippen LogP contribution in [0.5, 0.6) is 5.75 Å². The van der Waals surface area contributed by atoms with Crippen LogP contribution in [0.25, 0.3) is 0 Å². The first-order valence-electron chi connectivity index (χ1n) is 13.0. The summed E-state index contributed by atoms with van der Waals surface area (Å²) >= 11 is 0. The Morgan fingerprint density at radius 1 is 0.946 bits per heavy atom. The monoisotopic (exact) mass is 517 g/mol. The van der Waals surface area contributed by atoms with Gasteiger partial charge in [-0.15, -0.1) is 0 Å². The minimum atomic E-state index is -4.37. The van der Waals surface area contributed by atoms with E-state index in [-0.39, 0.29) is 31.5 Å². The average molecular weight is 518 g/mol. The molecule has 0 spiro atoms. The summed E-state index contributed by atoms with van der Waals surface area (Å²) in [5, 5.41) is 0. The Morgan fingerprint density at radius 2 is 1.54 bits per heavy atom. The Morgan fingerprint density at radius 3 is 2.11 bits per heavy atom. The summed E-state index contributed by atoms with van der Waals surface area (Å²) in [7, 11) is 0. The minimum Gasteiger partial charge on any atom is -0.489 e. The van der Waals surface area contributed by atoms with E-state index in [1.165, 1.54) is 37.8 Å². The zero-order valence-electron chi connectivity index (χ0n) is 21.1. The highest BCUT2D eigenvalue weighted by Crippen LogP contribution is 2.36. The van der Waals surface area contributed by atoms with E-state index in [0.717, 1.165) is 30.8 Å². The van der Waals surface area contributed by atoms with E-state index in [1.54, 1.807) is 19.1 Å². The lowest BCUT2D eigenvalue weighted by molar-refractivity contribution is -0.151. The fourth-order valence-corrected chi connectivity index (χ4v) is 5.41. The molecule has 0 bridgehead atoms. The largest absolute Gasteiger partial charge is 0.489 e. The number of ether oxygens (including phenoxy) is 2. The number of esters is 1. The first kappa shape index (κ1) is 27.0. The molecule has 2 aromatic carbocycles. The Balaban J connectivity index is 1.33. The third-order valence-corrected chi connectivity index (χ3v) is 7.46. The van der Waals surface area contributed by atoms with Gasteiger partial charge in [0.15, 0.2) is 0 Å². The number of likely N-dealkylation sites (tertiary alicyclic amines) is 1. The molecule has 2 aromatic rings. The number of alkyl halides is 3. The average Bonchev–Trinajstić information content (AvgIpc) is 3.32. The number of carbonyl (C=O) groups is 2. The summed E-state index contributed by atoms with van der Waals surface area (Å²) in [4.78, 5) is 27.7. The highest BCUT2D eigenvalue weighted by atomic mass is 19.4. The van der Waals surface area contributed by atoms with Crippen LogP contribution in [0, 0.1) is 17.8 Å². The van der Waals surface area contributed by atoms with Gasteiger partial charge in [0.25, 0.3) is 0 Å². The maximum absolute atomic E-state index is 13.1. The molecule has 0 radical (unpaired) electrons. The van der Waals surface area contributed by atoms with E-state index in [0.29, 0.717) is 29.6 Å². The molecular weight excluding hydrogens is 483 g/mol. The van der Waals surface area contributed by atoms with E-state index in [9.17, 15) is 22.8 Å². The van der Waals surface area contributed by atoms with Gasteiger partial charge in [-0.25, -0.2) is 0 Å². The van der Waals surface area contributed by atoms with Crippen LogP contribution in [-0.4, -0.2) is 36.5 Å². The second-order valence-corrected chi connectivity index (χ2v) is 10.1. The molecule has 3 atom stereocenters. The standard InChI is InChI=1S/C29H34F3NO4/c1-2-36-28(35)24(16-27(34)33-17-22-5-3-4-6-23(22)18-33)15-20-9-13-26(14-10-20)37-19-21-7-11-25(12-8-21)29(30,31)32/h7-14,22-24H,2-6,15-19H2,1H3/t22-,23+,24?. The van der Waals surface area contributed by atoms with Crippen LogP contribution in [0.3, 0.4) is 0 Å². The normalized spacial score (nSPS) is 20.3. The molecule has 1 saturated heterocycles. The van der Waals surface area contributed by atoms with Gasteiger partial charge in [0.2, 0.25) is 5.91 Å². The molecule has 2 fully saturated rings. The van der Waals surface area contributed by atoms with Crippen molar-refractivity contribution in [1.82, 2.24) is 4.90 Å². The van der Waals surface area contributed by atoms with E-state index < -0.39 is 17.7 Å². The minimum absolute atomic E-state index is 0.0175. The van der Waals surface area contributed by atoms with E-state index in [1.807, 2.05) is 17.0 Å². The SMILES string of the molecule is CCOC(=O)C(CC(=O)N1C[C@H]2CCCC[C@H]2C1)Cc1ccc(OCc2ccc(C(F)(F)F)cc2)cc1. The molecule has 1 heterocycles. The number of amides is 1. The number of hydrogen-bond donors (Lipinski definition) is 0. The predicted molar refractivity (Wildman–Crippen MR) is 133 cm³/mol. The number of halogens is 3. The van der Waals surface area contributed by atoms with Gasteiger partial charge in [0, 0.05) is 19.5 Å². The van der Waals surface area contributed by atoms with Crippen LogP contribution in [0.2, 0.25) is 0 Å². The lowest BCUT2D eigenvalue weighted by Crippen LogP contribution is -2.33. The second-order valence-electron chi connectivity index (χ2n) is 10.1. The van der Waals surface area contributed by atoms with Gasteiger partial charge in [0.05, 0.1) is 18.1 Å². The molecule has 1 saturated carbocycles. The van der Waals surface area contributed by atoms with Crippen molar-refractivity contribution in [3.8, 4) is 5.75 Å². The molecule has 2 aliphatic rings. The highest BCUT2D eigenvalue weighted by molar-refractivity contribution is 5.83. The van der Waals surface area contributed by atoms with Crippen molar-refractivity contribution >= 4 is 11.9 Å². The van der Waals surface area contributed by atoms with Crippen molar-refractivity contribution in [1.29, 1.82) is 0 Å². The Kier molecular flexibility index (Phi) is 8.77. The molecule has 1 aliphatic carbocycles. The van der Waals surface area contributed by atoms with Crippen molar-refractivity contribution in [2.75, 3.05) is 19.7 Å². The molecular formula is C29H34F3NO4. The number of rotatable bonds is 9. The van der Waals surface area contributed by atoms with Gasteiger partial charge >= 0.3 is 12.1 Å². The summed E-state index contributed by atoms with van der Waals surface area (Å²) in [5.74, 6) is 0.836. The molecule has 8 heteroatoms. The first-order valence-corrected chi connectivity index (χ1v) is 13.0. The van der Waals surface area contributed by atoms with E-state index in [4.69, 9.17) is 9.47 Å². The van der Waals surface area contributed by atoms with Crippen LogP contribution in [0.4, 0.5) is 13.2 Å². The number of carbonyl (C=O) groups excluding carboxylic acids is 2. The van der Waals surface area contributed by atoms with Crippen LogP contribution in [0.15, 0.2) is 48.5 Å². The summed E-state index contributed by atoms with van der Waals surface area (Å²) in [6.45, 7) is 3.74. The lowest BCUT2D eigenvalue weighted by atomic mass is 9.82. The molecule has 4 rings (SSSR count). The maximum atomic E-state index is 13.1. The first-order chi connectivity index (χ1) is 17.7. The van der Waals surface area contributed by atoms with Crippen molar-refractivity contribution in [3.63, 3.8) is 0 Å². The summed E-state index contributed by atoms with van der Waals surface area (Å²) in [5.41, 5.74) is 0.806. The fraction of sp³-hybridized carbons (Fsp3) is 0.517. The quantitative estimate of drug-likeness (QED) is 0.381. The Hall–Kier alpha value is -3.03. The summed E-state index contributed by atoms with van der Waals surface area (Å²) in [6, 6.07) is 12.1. The topological polar surface area (TPSA) is 55.8 Å². The van der Waals surface area contributed by atoms with Crippen molar-refractivity contribution in [2.45, 2.75) is 58.2 Å². The molecule has 1 unspecified atom stereocenters. The zero-order chi connectivity index (χ0) is 26.4. The molecule has 1 aliphatic heterocycles. The second kappa shape index (κ2) is 12.0. The summed E-state index contributed by atoms with van der Waals surface area (Å²) < 4.78 is 49.1. The van der Waals surface area contributed by atoms with Gasteiger partial charge in [-0.1, -0.05) is 37.1 Å². The fourth-order valence-electron chi connectivity index (χ4n) is 5.41. The Labute approximate surface area is 215 Å². The smallest absolute Gasteiger partial charge is 0.416 e. The Bertz CT molecular complexity index is 1040. The number of nitrogens with zero attached hydrogens (tertiary/aromatic N) is 1. The van der Waals surface area contributed by atoms with Crippen LogP contribution >= 0.6 is 0 Å². The number of fused-ring (bicyclic) bond motifs is 1. The van der Waals surface area contributed by atoms with Crippen LogP contribution < -0.4 is 4.74 Å². The van der Waals surface area contributed by atoms with E-state index in [2.05, 4.69) is 0 Å². The highest BCUT2D eigenvalue weighted by Gasteiger charge is 2.37. The third-order valence-electron chi connectivity index (χ3n) is 7.46. The zero-order valence-corrected chi connectivity index (χ0v) is 21.1. The molecule has 0 aromatic heterocycles. The maximum Gasteiger partial charge on any atom is 0.416 e. The molecule has 37 heavy (non-hydrogen) atoms. The summed E-state index contributed by atoms with van der Waals surface area (Å²) in [6.07, 6.45) is 0.979. The molecule has 1 amide bonds. The van der Waals surface area contributed by atoms with Gasteiger partial charge in [0.1, 0.15) is 12.4 Å². The molecule has 200 valence electrons. The number of benzene rings is 2. The third kappa shape index (κ3) is 7.27. The van der Waals surface area contributed by atoms with Crippen molar-refractivity contribution in [3.05, 3.63) is 65.2 Å². The van der Waals surface area contributed by atoms with E-state index >= 15 is 0 Å². The van der Waals surface area contributed by atoms with Crippen LogP contribution in [0.1, 0.15) is 55.7 Å². The van der Waals surface area contributed by atoms with Crippen molar-refractivity contribution < 1.29 is 32.2 Å². The lowest BCUT2D eigenvalue weighted by Gasteiger charge is -2.22. The molecule has 0 N–H and O–H groups in total.